The molecule has 6 nitrogen and oxygen atoms in total. The van der Waals surface area contributed by atoms with Gasteiger partial charge in [-0.05, 0) is 37.0 Å². The first-order valence-electron chi connectivity index (χ1n) is 8.28. The maximum absolute atomic E-state index is 12.5. The SMILES string of the molecule is COc1ccc(Nc2cnc(C(=O)N3CCC(C)CC3)cn2)cc1Cl. The summed E-state index contributed by atoms with van der Waals surface area (Å²) in [5.74, 6) is 1.77. The van der Waals surface area contributed by atoms with Gasteiger partial charge in [0, 0.05) is 18.8 Å². The van der Waals surface area contributed by atoms with Crippen molar-refractivity contribution in [2.24, 2.45) is 5.92 Å². The second-order valence-corrected chi connectivity index (χ2v) is 6.64. The number of benzene rings is 1. The van der Waals surface area contributed by atoms with Crippen LogP contribution >= 0.6 is 11.6 Å². The number of carbonyl (C=O) groups is 1. The van der Waals surface area contributed by atoms with E-state index in [1.165, 1.54) is 6.20 Å². The minimum absolute atomic E-state index is 0.0570. The highest BCUT2D eigenvalue weighted by molar-refractivity contribution is 6.32. The Morgan fingerprint density at radius 1 is 1.28 bits per heavy atom. The average molecular weight is 361 g/mol. The van der Waals surface area contributed by atoms with E-state index in [1.807, 2.05) is 11.0 Å². The van der Waals surface area contributed by atoms with Crippen LogP contribution < -0.4 is 10.1 Å². The maximum Gasteiger partial charge on any atom is 0.274 e. The van der Waals surface area contributed by atoms with Gasteiger partial charge in [0.2, 0.25) is 0 Å². The average Bonchev–Trinajstić information content (AvgIpc) is 2.63. The van der Waals surface area contributed by atoms with Crippen molar-refractivity contribution in [3.63, 3.8) is 0 Å². The van der Waals surface area contributed by atoms with Gasteiger partial charge in [-0.1, -0.05) is 18.5 Å². The van der Waals surface area contributed by atoms with Gasteiger partial charge in [-0.25, -0.2) is 9.97 Å². The number of rotatable bonds is 4. The smallest absolute Gasteiger partial charge is 0.274 e. The van der Waals surface area contributed by atoms with Crippen LogP contribution in [0.2, 0.25) is 5.02 Å². The van der Waals surface area contributed by atoms with Gasteiger partial charge in [0.1, 0.15) is 17.3 Å². The molecule has 132 valence electrons. The quantitative estimate of drug-likeness (QED) is 0.899. The molecule has 1 N–H and O–H groups in total. The van der Waals surface area contributed by atoms with Crippen molar-refractivity contribution in [2.75, 3.05) is 25.5 Å². The Bertz CT molecular complexity index is 743. The lowest BCUT2D eigenvalue weighted by Crippen LogP contribution is -2.38. The monoisotopic (exact) mass is 360 g/mol. The minimum Gasteiger partial charge on any atom is -0.495 e. The summed E-state index contributed by atoms with van der Waals surface area (Å²) in [7, 11) is 1.57. The van der Waals surface area contributed by atoms with Crippen molar-refractivity contribution in [3.05, 3.63) is 41.3 Å². The molecule has 7 heteroatoms. The number of methoxy groups -OCH3 is 1. The molecule has 25 heavy (non-hydrogen) atoms. The molecule has 1 aliphatic heterocycles. The number of aromatic nitrogens is 2. The lowest BCUT2D eigenvalue weighted by Gasteiger charge is -2.29. The van der Waals surface area contributed by atoms with E-state index >= 15 is 0 Å². The number of nitrogens with one attached hydrogen (secondary N) is 1. The number of likely N-dealkylation sites (tertiary alicyclic amines) is 1. The molecular weight excluding hydrogens is 340 g/mol. The van der Waals surface area contributed by atoms with Crippen LogP contribution in [-0.4, -0.2) is 41.0 Å². The van der Waals surface area contributed by atoms with Crippen LogP contribution in [0.25, 0.3) is 0 Å². The summed E-state index contributed by atoms with van der Waals surface area (Å²) in [5, 5.41) is 3.62. The van der Waals surface area contributed by atoms with Gasteiger partial charge in [0.25, 0.3) is 5.91 Å². The molecule has 1 amide bonds. The molecule has 1 saturated heterocycles. The highest BCUT2D eigenvalue weighted by Gasteiger charge is 2.22. The highest BCUT2D eigenvalue weighted by atomic mass is 35.5. The Hall–Kier alpha value is -2.34. The van der Waals surface area contributed by atoms with Gasteiger partial charge in [-0.3, -0.25) is 4.79 Å². The molecule has 0 atom stereocenters. The number of halogens is 1. The second kappa shape index (κ2) is 7.70. The highest BCUT2D eigenvalue weighted by Crippen LogP contribution is 2.28. The van der Waals surface area contributed by atoms with E-state index in [2.05, 4.69) is 22.2 Å². The number of anilines is 2. The lowest BCUT2D eigenvalue weighted by atomic mass is 9.99. The zero-order valence-corrected chi connectivity index (χ0v) is 15.1. The van der Waals surface area contributed by atoms with Crippen molar-refractivity contribution in [1.82, 2.24) is 14.9 Å². The Labute approximate surface area is 152 Å². The first kappa shape index (κ1) is 17.5. The van der Waals surface area contributed by atoms with Crippen molar-refractivity contribution >= 4 is 29.0 Å². The van der Waals surface area contributed by atoms with E-state index in [0.29, 0.717) is 28.2 Å². The van der Waals surface area contributed by atoms with E-state index in [-0.39, 0.29) is 5.91 Å². The number of nitrogens with zero attached hydrogens (tertiary/aromatic N) is 3. The summed E-state index contributed by atoms with van der Waals surface area (Å²) in [6.45, 7) is 3.78. The molecule has 0 unspecified atom stereocenters. The van der Waals surface area contributed by atoms with Gasteiger partial charge in [-0.15, -0.1) is 0 Å². The van der Waals surface area contributed by atoms with E-state index < -0.39 is 0 Å². The molecule has 0 radical (unpaired) electrons. The largest absolute Gasteiger partial charge is 0.495 e. The van der Waals surface area contributed by atoms with Crippen LogP contribution in [0.1, 0.15) is 30.3 Å². The number of hydrogen-bond donors (Lipinski definition) is 1. The second-order valence-electron chi connectivity index (χ2n) is 6.24. The normalized spacial score (nSPS) is 15.1. The summed E-state index contributed by atoms with van der Waals surface area (Å²) < 4.78 is 5.13. The number of hydrogen-bond acceptors (Lipinski definition) is 5. The van der Waals surface area contributed by atoms with Crippen LogP contribution in [0.3, 0.4) is 0 Å². The predicted octanol–water partition coefficient (Wildman–Crippen LogP) is 3.75. The fourth-order valence-corrected chi connectivity index (χ4v) is 3.03. The molecule has 2 heterocycles. The first-order chi connectivity index (χ1) is 12.1. The van der Waals surface area contributed by atoms with Crippen molar-refractivity contribution < 1.29 is 9.53 Å². The topological polar surface area (TPSA) is 67.3 Å². The van der Waals surface area contributed by atoms with Crippen LogP contribution in [-0.2, 0) is 0 Å². The molecule has 1 aliphatic rings. The maximum atomic E-state index is 12.5. The van der Waals surface area contributed by atoms with E-state index in [1.54, 1.807) is 25.4 Å². The summed E-state index contributed by atoms with van der Waals surface area (Å²) in [4.78, 5) is 22.8. The third-order valence-electron chi connectivity index (χ3n) is 4.37. The summed E-state index contributed by atoms with van der Waals surface area (Å²) in [6, 6.07) is 5.35. The van der Waals surface area contributed by atoms with Crippen molar-refractivity contribution in [1.29, 1.82) is 0 Å². The fourth-order valence-electron chi connectivity index (χ4n) is 2.77. The van der Waals surface area contributed by atoms with Gasteiger partial charge >= 0.3 is 0 Å². The minimum atomic E-state index is -0.0570. The predicted molar refractivity (Wildman–Crippen MR) is 97.6 cm³/mol. The third-order valence-corrected chi connectivity index (χ3v) is 4.66. The Morgan fingerprint density at radius 2 is 2.04 bits per heavy atom. The summed E-state index contributed by atoms with van der Waals surface area (Å²) in [6.07, 6.45) is 5.14. The molecule has 1 aromatic carbocycles. The van der Waals surface area contributed by atoms with E-state index in [4.69, 9.17) is 16.3 Å². The van der Waals surface area contributed by atoms with Gasteiger partial charge in [-0.2, -0.15) is 0 Å². The van der Waals surface area contributed by atoms with E-state index in [0.717, 1.165) is 31.6 Å². The Morgan fingerprint density at radius 3 is 2.64 bits per heavy atom. The summed E-state index contributed by atoms with van der Waals surface area (Å²) in [5.41, 5.74) is 1.14. The van der Waals surface area contributed by atoms with Gasteiger partial charge in [0.15, 0.2) is 0 Å². The molecule has 1 fully saturated rings. The molecule has 0 aliphatic carbocycles. The standard InChI is InChI=1S/C18H21ClN4O2/c1-12-5-7-23(8-6-12)18(24)15-10-21-17(11-20-15)22-13-3-4-16(25-2)14(19)9-13/h3-4,9-12H,5-8H2,1-2H3,(H,21,22). The molecule has 1 aromatic heterocycles. The van der Waals surface area contributed by atoms with Crippen molar-refractivity contribution in [3.8, 4) is 5.75 Å². The third kappa shape index (κ3) is 4.20. The zero-order chi connectivity index (χ0) is 17.8. The fraction of sp³-hybridized carbons (Fsp3) is 0.389. The Kier molecular flexibility index (Phi) is 5.38. The van der Waals surface area contributed by atoms with Crippen LogP contribution in [0.4, 0.5) is 11.5 Å². The molecule has 0 spiro atoms. The molecule has 3 rings (SSSR count). The first-order valence-corrected chi connectivity index (χ1v) is 8.66. The number of carbonyl (C=O) groups excluding carboxylic acids is 1. The molecule has 0 bridgehead atoms. The van der Waals surface area contributed by atoms with E-state index in [9.17, 15) is 4.79 Å². The number of amides is 1. The number of ether oxygens (including phenoxy) is 1. The van der Waals surface area contributed by atoms with Crippen LogP contribution in [0.15, 0.2) is 30.6 Å². The van der Waals surface area contributed by atoms with Crippen LogP contribution in [0.5, 0.6) is 5.75 Å². The summed E-state index contributed by atoms with van der Waals surface area (Å²) >= 11 is 6.11. The van der Waals surface area contributed by atoms with Gasteiger partial charge in [0.05, 0.1) is 24.5 Å². The zero-order valence-electron chi connectivity index (χ0n) is 14.3. The lowest BCUT2D eigenvalue weighted by molar-refractivity contribution is 0.0691. The molecule has 0 saturated carbocycles. The molecular formula is C18H21ClN4O2. The van der Waals surface area contributed by atoms with Crippen LogP contribution in [0, 0.1) is 5.92 Å². The van der Waals surface area contributed by atoms with Crippen molar-refractivity contribution in [2.45, 2.75) is 19.8 Å². The molecule has 2 aromatic rings. The van der Waals surface area contributed by atoms with Gasteiger partial charge < -0.3 is 15.0 Å². The Balaban J connectivity index is 1.66. The number of piperidine rings is 1.